The first-order chi connectivity index (χ1) is 10.1. The highest BCUT2D eigenvalue weighted by molar-refractivity contribution is 6.32. The molecule has 1 aliphatic carbocycles. The fraction of sp³-hybridized carbons (Fsp3) is 0.647. The summed E-state index contributed by atoms with van der Waals surface area (Å²) >= 11 is 6.00. The molecule has 1 aromatic carbocycles. The Balaban J connectivity index is 1.59. The normalized spacial score (nSPS) is 23.8. The molecule has 2 N–H and O–H groups in total. The van der Waals surface area contributed by atoms with Crippen molar-refractivity contribution in [3.05, 3.63) is 29.3 Å². The van der Waals surface area contributed by atoms with Crippen molar-refractivity contribution in [2.24, 2.45) is 11.8 Å². The molecule has 2 rings (SSSR count). The van der Waals surface area contributed by atoms with Crippen molar-refractivity contribution in [3.8, 4) is 5.75 Å². The topological polar surface area (TPSA) is 41.5 Å². The maximum Gasteiger partial charge on any atom is 0.138 e. The third-order valence-electron chi connectivity index (χ3n) is 4.22. The SMILES string of the molecule is CC1CCC(CNCC(O)COc2ccccc2Cl)CC1. The molecule has 1 saturated carbocycles. The van der Waals surface area contributed by atoms with E-state index >= 15 is 0 Å². The smallest absolute Gasteiger partial charge is 0.138 e. The minimum atomic E-state index is -0.510. The standard InChI is InChI=1S/C17H26ClNO2/c1-13-6-8-14(9-7-13)10-19-11-15(20)12-21-17-5-3-2-4-16(17)18/h2-5,13-15,19-20H,6-12H2,1H3. The maximum absolute atomic E-state index is 9.94. The molecule has 0 amide bonds. The summed E-state index contributed by atoms with van der Waals surface area (Å²) in [7, 11) is 0. The zero-order chi connectivity index (χ0) is 15.1. The number of rotatable bonds is 7. The Labute approximate surface area is 132 Å². The molecule has 1 atom stereocenters. The van der Waals surface area contributed by atoms with Crippen molar-refractivity contribution < 1.29 is 9.84 Å². The van der Waals surface area contributed by atoms with Crippen LogP contribution in [0.5, 0.6) is 5.75 Å². The van der Waals surface area contributed by atoms with Crippen LogP contribution >= 0.6 is 11.6 Å². The second-order valence-corrected chi connectivity index (χ2v) is 6.59. The monoisotopic (exact) mass is 311 g/mol. The number of para-hydroxylation sites is 1. The van der Waals surface area contributed by atoms with Gasteiger partial charge in [0.25, 0.3) is 0 Å². The summed E-state index contributed by atoms with van der Waals surface area (Å²) in [4.78, 5) is 0. The molecule has 0 spiro atoms. The van der Waals surface area contributed by atoms with E-state index in [1.165, 1.54) is 25.7 Å². The van der Waals surface area contributed by atoms with Crippen molar-refractivity contribution in [1.82, 2.24) is 5.32 Å². The third-order valence-corrected chi connectivity index (χ3v) is 4.53. The highest BCUT2D eigenvalue weighted by atomic mass is 35.5. The first kappa shape index (κ1) is 16.6. The van der Waals surface area contributed by atoms with Gasteiger partial charge in [-0.05, 0) is 43.4 Å². The highest BCUT2D eigenvalue weighted by Crippen LogP contribution is 2.27. The van der Waals surface area contributed by atoms with Gasteiger partial charge in [0.1, 0.15) is 18.5 Å². The quantitative estimate of drug-likeness (QED) is 0.810. The number of benzene rings is 1. The Kier molecular flexibility index (Phi) is 6.81. The van der Waals surface area contributed by atoms with Crippen molar-refractivity contribution in [2.45, 2.75) is 38.7 Å². The predicted molar refractivity (Wildman–Crippen MR) is 86.9 cm³/mol. The number of nitrogens with one attached hydrogen (secondary N) is 1. The van der Waals surface area contributed by atoms with Gasteiger partial charge in [-0.15, -0.1) is 0 Å². The van der Waals surface area contributed by atoms with Gasteiger partial charge in [-0.2, -0.15) is 0 Å². The predicted octanol–water partition coefficient (Wildman–Crippen LogP) is 3.50. The molecule has 4 heteroatoms. The lowest BCUT2D eigenvalue weighted by Crippen LogP contribution is -2.35. The fourth-order valence-electron chi connectivity index (χ4n) is 2.79. The van der Waals surface area contributed by atoms with Crippen LogP contribution in [0.25, 0.3) is 0 Å². The van der Waals surface area contributed by atoms with Gasteiger partial charge < -0.3 is 15.2 Å². The number of ether oxygens (including phenoxy) is 1. The lowest BCUT2D eigenvalue weighted by atomic mass is 9.83. The van der Waals surface area contributed by atoms with Gasteiger partial charge in [0.05, 0.1) is 5.02 Å². The molecular weight excluding hydrogens is 286 g/mol. The molecule has 3 nitrogen and oxygen atoms in total. The molecule has 21 heavy (non-hydrogen) atoms. The highest BCUT2D eigenvalue weighted by Gasteiger charge is 2.18. The van der Waals surface area contributed by atoms with Gasteiger partial charge in [-0.25, -0.2) is 0 Å². The van der Waals surface area contributed by atoms with Gasteiger partial charge >= 0.3 is 0 Å². The number of hydrogen-bond acceptors (Lipinski definition) is 3. The molecule has 1 fully saturated rings. The Morgan fingerprint density at radius 1 is 1.29 bits per heavy atom. The summed E-state index contributed by atoms with van der Waals surface area (Å²) in [5, 5.41) is 13.9. The molecule has 0 heterocycles. The lowest BCUT2D eigenvalue weighted by molar-refractivity contribution is 0.104. The summed E-state index contributed by atoms with van der Waals surface area (Å²) < 4.78 is 5.53. The van der Waals surface area contributed by atoms with E-state index in [0.29, 0.717) is 17.3 Å². The second-order valence-electron chi connectivity index (χ2n) is 6.18. The number of aliphatic hydroxyl groups excluding tert-OH is 1. The first-order valence-corrected chi connectivity index (χ1v) is 8.29. The summed E-state index contributed by atoms with van der Waals surface area (Å²) in [5.74, 6) is 2.27. The molecule has 0 bridgehead atoms. The van der Waals surface area contributed by atoms with Crippen LogP contribution in [0.4, 0.5) is 0 Å². The zero-order valence-corrected chi connectivity index (χ0v) is 13.5. The Morgan fingerprint density at radius 2 is 2.00 bits per heavy atom. The average molecular weight is 312 g/mol. The number of aliphatic hydroxyl groups is 1. The number of halogens is 1. The van der Waals surface area contributed by atoms with Crippen LogP contribution in [0, 0.1) is 11.8 Å². The second kappa shape index (κ2) is 8.62. The van der Waals surface area contributed by atoms with Crippen molar-refractivity contribution in [1.29, 1.82) is 0 Å². The van der Waals surface area contributed by atoms with E-state index in [4.69, 9.17) is 16.3 Å². The summed E-state index contributed by atoms with van der Waals surface area (Å²) in [6.45, 7) is 4.16. The van der Waals surface area contributed by atoms with E-state index in [0.717, 1.165) is 18.4 Å². The Hall–Kier alpha value is -0.770. The molecule has 0 aromatic heterocycles. The molecule has 1 aromatic rings. The maximum atomic E-state index is 9.94. The van der Waals surface area contributed by atoms with E-state index < -0.39 is 6.10 Å². The molecule has 1 unspecified atom stereocenters. The van der Waals surface area contributed by atoms with Gasteiger partial charge in [0, 0.05) is 6.54 Å². The fourth-order valence-corrected chi connectivity index (χ4v) is 2.98. The molecule has 0 saturated heterocycles. The van der Waals surface area contributed by atoms with Gasteiger partial charge in [0.2, 0.25) is 0 Å². The van der Waals surface area contributed by atoms with Crippen LogP contribution in [0.3, 0.4) is 0 Å². The molecule has 0 radical (unpaired) electrons. The molecular formula is C17H26ClNO2. The van der Waals surface area contributed by atoms with E-state index in [1.54, 1.807) is 6.07 Å². The zero-order valence-electron chi connectivity index (χ0n) is 12.7. The van der Waals surface area contributed by atoms with E-state index in [1.807, 2.05) is 18.2 Å². The minimum Gasteiger partial charge on any atom is -0.489 e. The van der Waals surface area contributed by atoms with Crippen LogP contribution in [0.15, 0.2) is 24.3 Å². The summed E-state index contributed by atoms with van der Waals surface area (Å²) in [6.07, 6.45) is 4.78. The summed E-state index contributed by atoms with van der Waals surface area (Å²) in [5.41, 5.74) is 0. The minimum absolute atomic E-state index is 0.262. The Morgan fingerprint density at radius 3 is 2.71 bits per heavy atom. The van der Waals surface area contributed by atoms with Crippen molar-refractivity contribution >= 4 is 11.6 Å². The van der Waals surface area contributed by atoms with E-state index in [-0.39, 0.29) is 6.61 Å². The van der Waals surface area contributed by atoms with Gasteiger partial charge in [0.15, 0.2) is 0 Å². The van der Waals surface area contributed by atoms with Crippen LogP contribution in [-0.4, -0.2) is 30.9 Å². The van der Waals surface area contributed by atoms with E-state index in [2.05, 4.69) is 12.2 Å². The van der Waals surface area contributed by atoms with Crippen LogP contribution in [-0.2, 0) is 0 Å². The van der Waals surface area contributed by atoms with Crippen LogP contribution < -0.4 is 10.1 Å². The van der Waals surface area contributed by atoms with Crippen molar-refractivity contribution in [3.63, 3.8) is 0 Å². The van der Waals surface area contributed by atoms with Crippen molar-refractivity contribution in [2.75, 3.05) is 19.7 Å². The third kappa shape index (κ3) is 5.85. The van der Waals surface area contributed by atoms with E-state index in [9.17, 15) is 5.11 Å². The lowest BCUT2D eigenvalue weighted by Gasteiger charge is -2.26. The molecule has 118 valence electrons. The van der Waals surface area contributed by atoms with Crippen LogP contribution in [0.2, 0.25) is 5.02 Å². The Bertz CT molecular complexity index is 419. The van der Waals surface area contributed by atoms with Gasteiger partial charge in [-0.1, -0.05) is 43.5 Å². The first-order valence-electron chi connectivity index (χ1n) is 7.91. The average Bonchev–Trinajstić information content (AvgIpc) is 2.48. The summed E-state index contributed by atoms with van der Waals surface area (Å²) in [6, 6.07) is 7.32. The number of hydrogen-bond donors (Lipinski definition) is 2. The van der Waals surface area contributed by atoms with Crippen LogP contribution in [0.1, 0.15) is 32.6 Å². The molecule has 0 aliphatic heterocycles. The molecule has 1 aliphatic rings. The largest absolute Gasteiger partial charge is 0.489 e. The van der Waals surface area contributed by atoms with Gasteiger partial charge in [-0.3, -0.25) is 0 Å².